The van der Waals surface area contributed by atoms with Crippen LogP contribution in [0.3, 0.4) is 0 Å². The monoisotopic (exact) mass is 263 g/mol. The average molecular weight is 263 g/mol. The molecule has 0 radical (unpaired) electrons. The summed E-state index contributed by atoms with van der Waals surface area (Å²) in [5, 5.41) is 0. The zero-order valence-electron chi connectivity index (χ0n) is 11.3. The molecule has 0 amide bonds. The van der Waals surface area contributed by atoms with Gasteiger partial charge in [0, 0.05) is 6.54 Å². The van der Waals surface area contributed by atoms with Gasteiger partial charge in [0.05, 0.1) is 31.5 Å². The fraction of sp³-hybridized carbons (Fsp3) is 0.643. The second kappa shape index (κ2) is 5.25. The number of hydrogen-bond acceptors (Lipinski definition) is 5. The molecule has 5 nitrogen and oxygen atoms in total. The molecule has 1 aromatic heterocycles. The third-order valence-corrected chi connectivity index (χ3v) is 3.69. The first-order valence-corrected chi connectivity index (χ1v) is 6.98. The molecule has 1 aromatic rings. The number of nitrogens with zero attached hydrogens (tertiary/aromatic N) is 2. The van der Waals surface area contributed by atoms with E-state index in [1.807, 2.05) is 12.1 Å². The smallest absolute Gasteiger partial charge is 0.239 e. The molecule has 1 saturated carbocycles. The summed E-state index contributed by atoms with van der Waals surface area (Å²) < 4.78 is 11.2. The van der Waals surface area contributed by atoms with Crippen LogP contribution in [0, 0.1) is 5.92 Å². The van der Waals surface area contributed by atoms with Crippen molar-refractivity contribution in [2.45, 2.75) is 25.8 Å². The van der Waals surface area contributed by atoms with Crippen molar-refractivity contribution in [3.8, 4) is 5.88 Å². The summed E-state index contributed by atoms with van der Waals surface area (Å²) >= 11 is 0. The zero-order chi connectivity index (χ0) is 13.2. The summed E-state index contributed by atoms with van der Waals surface area (Å²) in [6.07, 6.45) is 2.53. The van der Waals surface area contributed by atoms with Crippen molar-refractivity contribution in [1.29, 1.82) is 0 Å². The Morgan fingerprint density at radius 2 is 2.32 bits per heavy atom. The molecule has 1 unspecified atom stereocenters. The molecule has 1 aliphatic carbocycles. The molecule has 5 heteroatoms. The van der Waals surface area contributed by atoms with E-state index in [9.17, 15) is 0 Å². The van der Waals surface area contributed by atoms with Crippen LogP contribution in [0.1, 0.15) is 19.8 Å². The highest BCUT2D eigenvalue weighted by Crippen LogP contribution is 2.31. The highest BCUT2D eigenvalue weighted by atomic mass is 16.5. The van der Waals surface area contributed by atoms with Crippen LogP contribution in [0.5, 0.6) is 5.88 Å². The van der Waals surface area contributed by atoms with Gasteiger partial charge in [0.25, 0.3) is 0 Å². The molecule has 2 fully saturated rings. The van der Waals surface area contributed by atoms with Crippen molar-refractivity contribution in [2.24, 2.45) is 5.92 Å². The number of aromatic nitrogens is 1. The van der Waals surface area contributed by atoms with Gasteiger partial charge in [0.1, 0.15) is 5.82 Å². The maximum absolute atomic E-state index is 5.93. The number of anilines is 2. The molecule has 0 aromatic carbocycles. The zero-order valence-corrected chi connectivity index (χ0v) is 11.3. The second-order valence-corrected chi connectivity index (χ2v) is 5.44. The largest absolute Gasteiger partial charge is 0.476 e. The van der Waals surface area contributed by atoms with Gasteiger partial charge in [-0.1, -0.05) is 0 Å². The van der Waals surface area contributed by atoms with Crippen molar-refractivity contribution >= 4 is 11.5 Å². The molecule has 1 saturated heterocycles. The molecule has 0 spiro atoms. The third kappa shape index (κ3) is 2.92. The van der Waals surface area contributed by atoms with E-state index in [2.05, 4.69) is 16.8 Å². The Labute approximate surface area is 113 Å². The molecule has 2 heterocycles. The lowest BCUT2D eigenvalue weighted by molar-refractivity contribution is 0.0984. The molecule has 1 aliphatic heterocycles. The Bertz CT molecular complexity index is 448. The Morgan fingerprint density at radius 1 is 1.47 bits per heavy atom. The number of nitrogens with two attached hydrogens (primary N) is 1. The van der Waals surface area contributed by atoms with Crippen molar-refractivity contribution in [3.63, 3.8) is 0 Å². The molecule has 2 aliphatic rings. The van der Waals surface area contributed by atoms with Crippen LogP contribution in [-0.4, -0.2) is 37.4 Å². The van der Waals surface area contributed by atoms with Gasteiger partial charge in [-0.15, -0.1) is 0 Å². The van der Waals surface area contributed by atoms with Crippen LogP contribution >= 0.6 is 0 Å². The predicted molar refractivity (Wildman–Crippen MR) is 74.5 cm³/mol. The fourth-order valence-corrected chi connectivity index (χ4v) is 2.27. The van der Waals surface area contributed by atoms with Gasteiger partial charge >= 0.3 is 0 Å². The summed E-state index contributed by atoms with van der Waals surface area (Å²) in [5.41, 5.74) is 6.55. The van der Waals surface area contributed by atoms with Gasteiger partial charge in [0.2, 0.25) is 5.88 Å². The fourth-order valence-electron chi connectivity index (χ4n) is 2.27. The number of nitrogen functional groups attached to an aromatic ring is 1. The standard InChI is InChI=1S/C14H21N3O2/c1-10-8-18-7-6-17(10)13-5-4-12(15)14(16-13)19-9-11-2-3-11/h4-5,10-11H,2-3,6-9,15H2,1H3. The lowest BCUT2D eigenvalue weighted by Crippen LogP contribution is -2.44. The van der Waals surface area contributed by atoms with Crippen LogP contribution in [0.15, 0.2) is 12.1 Å². The van der Waals surface area contributed by atoms with Crippen LogP contribution < -0.4 is 15.4 Å². The predicted octanol–water partition coefficient (Wildman–Crippen LogP) is 1.68. The summed E-state index contributed by atoms with van der Waals surface area (Å²) in [6.45, 7) is 5.22. The molecule has 1 atom stereocenters. The van der Waals surface area contributed by atoms with Gasteiger partial charge in [-0.3, -0.25) is 0 Å². The lowest BCUT2D eigenvalue weighted by atomic mass is 10.2. The third-order valence-electron chi connectivity index (χ3n) is 3.69. The SMILES string of the molecule is CC1COCCN1c1ccc(N)c(OCC2CC2)n1. The van der Waals surface area contributed by atoms with Gasteiger partial charge < -0.3 is 20.1 Å². The number of ether oxygens (including phenoxy) is 2. The highest BCUT2D eigenvalue weighted by Gasteiger charge is 2.24. The van der Waals surface area contributed by atoms with E-state index in [1.54, 1.807) is 0 Å². The van der Waals surface area contributed by atoms with Crippen molar-refractivity contribution in [1.82, 2.24) is 4.98 Å². The Hall–Kier alpha value is -1.49. The van der Waals surface area contributed by atoms with Crippen LogP contribution in [0.25, 0.3) is 0 Å². The van der Waals surface area contributed by atoms with Gasteiger partial charge in [-0.25, -0.2) is 0 Å². The minimum atomic E-state index is 0.334. The first kappa shape index (κ1) is 12.5. The summed E-state index contributed by atoms with van der Waals surface area (Å²) in [6, 6.07) is 4.18. The highest BCUT2D eigenvalue weighted by molar-refractivity contribution is 5.55. The van der Waals surface area contributed by atoms with E-state index in [4.69, 9.17) is 15.2 Å². The number of morpholine rings is 1. The van der Waals surface area contributed by atoms with E-state index < -0.39 is 0 Å². The lowest BCUT2D eigenvalue weighted by Gasteiger charge is -2.34. The van der Waals surface area contributed by atoms with E-state index in [-0.39, 0.29) is 0 Å². The molecular weight excluding hydrogens is 242 g/mol. The van der Waals surface area contributed by atoms with Crippen molar-refractivity contribution in [2.75, 3.05) is 37.0 Å². The molecule has 2 N–H and O–H groups in total. The number of rotatable bonds is 4. The van der Waals surface area contributed by atoms with Crippen molar-refractivity contribution < 1.29 is 9.47 Å². The van der Waals surface area contributed by atoms with Gasteiger partial charge in [-0.2, -0.15) is 4.98 Å². The van der Waals surface area contributed by atoms with Crippen molar-refractivity contribution in [3.05, 3.63) is 12.1 Å². The molecule has 3 rings (SSSR count). The summed E-state index contributed by atoms with van der Waals surface area (Å²) in [7, 11) is 0. The second-order valence-electron chi connectivity index (χ2n) is 5.44. The topological polar surface area (TPSA) is 60.6 Å². The molecular formula is C14H21N3O2. The summed E-state index contributed by atoms with van der Waals surface area (Å²) in [5.74, 6) is 2.20. The van der Waals surface area contributed by atoms with Crippen LogP contribution in [0.2, 0.25) is 0 Å². The Morgan fingerprint density at radius 3 is 3.05 bits per heavy atom. The molecule has 104 valence electrons. The minimum absolute atomic E-state index is 0.334. The Kier molecular flexibility index (Phi) is 3.46. The maximum Gasteiger partial charge on any atom is 0.239 e. The Balaban J connectivity index is 1.74. The summed E-state index contributed by atoms with van der Waals surface area (Å²) in [4.78, 5) is 6.81. The minimum Gasteiger partial charge on any atom is -0.476 e. The molecule has 19 heavy (non-hydrogen) atoms. The number of pyridine rings is 1. The van der Waals surface area contributed by atoms with E-state index in [0.717, 1.165) is 32.2 Å². The first-order valence-electron chi connectivity index (χ1n) is 6.98. The average Bonchev–Trinajstić information content (AvgIpc) is 3.23. The van der Waals surface area contributed by atoms with Gasteiger partial charge in [-0.05, 0) is 37.8 Å². The first-order chi connectivity index (χ1) is 9.24. The van der Waals surface area contributed by atoms with E-state index >= 15 is 0 Å². The number of hydrogen-bond donors (Lipinski definition) is 1. The maximum atomic E-state index is 5.93. The van der Waals surface area contributed by atoms with E-state index in [1.165, 1.54) is 12.8 Å². The normalized spacial score (nSPS) is 23.4. The van der Waals surface area contributed by atoms with Gasteiger partial charge in [0.15, 0.2) is 0 Å². The van der Waals surface area contributed by atoms with Crippen LogP contribution in [-0.2, 0) is 4.74 Å². The van der Waals surface area contributed by atoms with E-state index in [0.29, 0.717) is 23.5 Å². The van der Waals surface area contributed by atoms with Crippen LogP contribution in [0.4, 0.5) is 11.5 Å². The molecule has 0 bridgehead atoms. The quantitative estimate of drug-likeness (QED) is 0.895.